The van der Waals surface area contributed by atoms with Gasteiger partial charge in [-0.15, -0.1) is 0 Å². The highest BCUT2D eigenvalue weighted by molar-refractivity contribution is 6.58. The Bertz CT molecular complexity index is 220. The minimum Gasteiger partial charge on any atom is -0.360 e. The monoisotopic (exact) mass is 344 g/mol. The Balaban J connectivity index is 3.16. The van der Waals surface area contributed by atoms with Gasteiger partial charge in [0.05, 0.1) is 0 Å². The Morgan fingerprint density at radius 1 is 0.609 bits per heavy atom. The third-order valence-electron chi connectivity index (χ3n) is 4.94. The molecule has 0 radical (unpaired) electrons. The molecule has 0 N–H and O–H groups in total. The van der Waals surface area contributed by atoms with Gasteiger partial charge in [-0.25, -0.2) is 0 Å². The number of rotatable bonds is 18. The lowest BCUT2D eigenvalue weighted by Crippen LogP contribution is -2.31. The van der Waals surface area contributed by atoms with Gasteiger partial charge in [0.15, 0.2) is 0 Å². The highest BCUT2D eigenvalue weighted by atomic mass is 28.3. The van der Waals surface area contributed by atoms with Gasteiger partial charge in [-0.05, 0) is 0 Å². The summed E-state index contributed by atoms with van der Waals surface area (Å²) in [6.45, 7) is 4.65. The van der Waals surface area contributed by atoms with E-state index < -0.39 is 8.80 Å². The molecule has 0 aliphatic heterocycles. The summed E-state index contributed by atoms with van der Waals surface area (Å²) in [5, 5.41) is 0. The summed E-state index contributed by atoms with van der Waals surface area (Å²) in [5.74, 6) is 0.108. The summed E-state index contributed by atoms with van der Waals surface area (Å²) in [4.78, 5) is 0. The van der Waals surface area contributed by atoms with Crippen molar-refractivity contribution < 1.29 is 9.47 Å². The van der Waals surface area contributed by atoms with Crippen LogP contribution in [0.2, 0.25) is 12.6 Å². The predicted octanol–water partition coefficient (Wildman–Crippen LogP) is 6.48. The molecule has 3 heteroatoms. The molecule has 0 spiro atoms. The van der Waals surface area contributed by atoms with Gasteiger partial charge in [0, 0.05) is 14.2 Å². The van der Waals surface area contributed by atoms with Crippen molar-refractivity contribution in [2.24, 2.45) is 0 Å². The van der Waals surface area contributed by atoms with Gasteiger partial charge >= 0.3 is 0 Å². The second-order valence-electron chi connectivity index (χ2n) is 7.20. The van der Waals surface area contributed by atoms with Gasteiger partial charge in [-0.3, -0.25) is 0 Å². The Morgan fingerprint density at radius 2 is 0.957 bits per heavy atom. The van der Waals surface area contributed by atoms with Crippen molar-refractivity contribution in [2.45, 2.75) is 115 Å². The van der Waals surface area contributed by atoms with Gasteiger partial charge in [0.25, 0.3) is 0 Å². The first-order valence-electron chi connectivity index (χ1n) is 10.3. The van der Waals surface area contributed by atoms with Crippen molar-refractivity contribution >= 4 is 8.80 Å². The maximum atomic E-state index is 5.37. The molecule has 0 saturated heterocycles. The summed E-state index contributed by atoms with van der Waals surface area (Å²) in [6.07, 6.45) is 20.1. The van der Waals surface area contributed by atoms with Crippen molar-refractivity contribution in [3.8, 4) is 0 Å². The summed E-state index contributed by atoms with van der Waals surface area (Å²) < 4.78 is 10.7. The number of unbranched alkanes of at least 4 members (excludes halogenated alkanes) is 13. The van der Waals surface area contributed by atoms with E-state index in [4.69, 9.17) is 9.47 Å². The first-order valence-corrected chi connectivity index (χ1v) is 13.0. The van der Waals surface area contributed by atoms with Crippen LogP contribution in [0.3, 0.4) is 0 Å². The van der Waals surface area contributed by atoms with Crippen LogP contribution >= 0.6 is 0 Å². The maximum absolute atomic E-state index is 5.37. The molecule has 0 fully saturated rings. The smallest absolute Gasteiger partial charge is 0.137 e. The third kappa shape index (κ3) is 15.4. The molecule has 140 valence electrons. The lowest BCUT2D eigenvalue weighted by atomic mass is 10.0. The largest absolute Gasteiger partial charge is 0.360 e. The minimum atomic E-state index is -0.851. The van der Waals surface area contributed by atoms with Gasteiger partial charge in [-0.1, -0.05) is 109 Å². The van der Waals surface area contributed by atoms with Crippen LogP contribution in [-0.4, -0.2) is 28.9 Å². The Morgan fingerprint density at radius 3 is 1.30 bits per heavy atom. The van der Waals surface area contributed by atoms with Crippen LogP contribution in [0.1, 0.15) is 96.8 Å². The second kappa shape index (κ2) is 18.5. The van der Waals surface area contributed by atoms with E-state index in [1.807, 2.05) is 0 Å². The molecule has 23 heavy (non-hydrogen) atoms. The van der Waals surface area contributed by atoms with Crippen LogP contribution in [0, 0.1) is 0 Å². The maximum Gasteiger partial charge on any atom is 0.137 e. The highest BCUT2D eigenvalue weighted by Gasteiger charge is 2.16. The lowest BCUT2D eigenvalue weighted by Gasteiger charge is -2.19. The molecule has 0 amide bonds. The van der Waals surface area contributed by atoms with Crippen molar-refractivity contribution in [3.63, 3.8) is 0 Å². The van der Waals surface area contributed by atoms with Crippen LogP contribution in [0.4, 0.5) is 0 Å². The molecule has 0 bridgehead atoms. The fourth-order valence-corrected chi connectivity index (χ4v) is 5.49. The van der Waals surface area contributed by atoms with E-state index in [0.717, 1.165) is 0 Å². The average molecular weight is 345 g/mol. The highest BCUT2D eigenvalue weighted by Crippen LogP contribution is 2.14. The standard InChI is InChI=1S/C20H44O2Si/c1-5-6-7-8-9-10-11-12-13-14-15-16-17-18-19-23(4)20(21-2)22-3/h20,23H,5-19H2,1-4H3. The van der Waals surface area contributed by atoms with E-state index in [0.29, 0.717) is 0 Å². The number of hydrogen-bond acceptors (Lipinski definition) is 2. The van der Waals surface area contributed by atoms with Crippen molar-refractivity contribution in [2.75, 3.05) is 14.2 Å². The summed E-state index contributed by atoms with van der Waals surface area (Å²) in [7, 11) is 2.68. The van der Waals surface area contributed by atoms with Crippen LogP contribution in [-0.2, 0) is 9.47 Å². The molecule has 0 rings (SSSR count). The SMILES string of the molecule is CCCCCCCCCCCCCCCC[SiH](C)C(OC)OC. The van der Waals surface area contributed by atoms with Gasteiger partial charge in [-0.2, -0.15) is 0 Å². The molecule has 0 aliphatic carbocycles. The van der Waals surface area contributed by atoms with Crippen molar-refractivity contribution in [1.82, 2.24) is 0 Å². The molecule has 0 aliphatic rings. The van der Waals surface area contributed by atoms with E-state index in [9.17, 15) is 0 Å². The van der Waals surface area contributed by atoms with E-state index >= 15 is 0 Å². The zero-order chi connectivity index (χ0) is 17.2. The van der Waals surface area contributed by atoms with Crippen molar-refractivity contribution in [1.29, 1.82) is 0 Å². The molecule has 1 unspecified atom stereocenters. The lowest BCUT2D eigenvalue weighted by molar-refractivity contribution is -0.0469. The van der Waals surface area contributed by atoms with Crippen LogP contribution in [0.15, 0.2) is 0 Å². The molecular weight excluding hydrogens is 300 g/mol. The van der Waals surface area contributed by atoms with E-state index in [-0.39, 0.29) is 5.91 Å². The zero-order valence-electron chi connectivity index (χ0n) is 16.6. The van der Waals surface area contributed by atoms with Crippen LogP contribution < -0.4 is 0 Å². The van der Waals surface area contributed by atoms with E-state index in [2.05, 4.69) is 13.5 Å². The molecule has 2 nitrogen and oxygen atoms in total. The molecule has 0 aromatic rings. The van der Waals surface area contributed by atoms with Crippen LogP contribution in [0.5, 0.6) is 0 Å². The molecule has 1 atom stereocenters. The van der Waals surface area contributed by atoms with Gasteiger partial charge in [0.2, 0.25) is 0 Å². The Labute approximate surface area is 148 Å². The average Bonchev–Trinajstić information content (AvgIpc) is 2.56. The Kier molecular flexibility index (Phi) is 18.6. The van der Waals surface area contributed by atoms with Crippen LogP contribution in [0.25, 0.3) is 0 Å². The normalized spacial score (nSPS) is 12.9. The molecule has 0 aromatic carbocycles. The first kappa shape index (κ1) is 23.1. The zero-order valence-corrected chi connectivity index (χ0v) is 17.7. The molecular formula is C20H44O2Si. The number of methoxy groups -OCH3 is 2. The fraction of sp³-hybridized carbons (Fsp3) is 1.00. The summed E-state index contributed by atoms with van der Waals surface area (Å²) in [6, 6.07) is 1.35. The Hall–Kier alpha value is 0.137. The van der Waals surface area contributed by atoms with Crippen molar-refractivity contribution in [3.05, 3.63) is 0 Å². The number of hydrogen-bond donors (Lipinski definition) is 0. The van der Waals surface area contributed by atoms with E-state index in [1.165, 1.54) is 95.9 Å². The van der Waals surface area contributed by atoms with Gasteiger partial charge in [0.1, 0.15) is 14.7 Å². The topological polar surface area (TPSA) is 18.5 Å². The van der Waals surface area contributed by atoms with Gasteiger partial charge < -0.3 is 9.47 Å². The minimum absolute atomic E-state index is 0.108. The fourth-order valence-electron chi connectivity index (χ4n) is 3.36. The first-order chi connectivity index (χ1) is 11.3. The van der Waals surface area contributed by atoms with E-state index in [1.54, 1.807) is 14.2 Å². The quantitative estimate of drug-likeness (QED) is 0.161. The molecule has 0 aromatic heterocycles. The summed E-state index contributed by atoms with van der Waals surface area (Å²) >= 11 is 0. The molecule has 0 heterocycles. The summed E-state index contributed by atoms with van der Waals surface area (Å²) in [5.41, 5.74) is 0. The number of ether oxygens (including phenoxy) is 2. The predicted molar refractivity (Wildman–Crippen MR) is 106 cm³/mol. The molecule has 0 saturated carbocycles. The second-order valence-corrected chi connectivity index (χ2v) is 10.3. The third-order valence-corrected chi connectivity index (χ3v) is 7.73.